The van der Waals surface area contributed by atoms with Crippen LogP contribution in [0.25, 0.3) is 0 Å². The van der Waals surface area contributed by atoms with E-state index in [0.717, 1.165) is 25.6 Å². The number of benzene rings is 2. The van der Waals surface area contributed by atoms with Gasteiger partial charge in [0.1, 0.15) is 17.3 Å². The summed E-state index contributed by atoms with van der Waals surface area (Å²) in [6.07, 6.45) is 0.975. The number of phenolic OH excluding ortho intramolecular Hbond substituents is 1. The Morgan fingerprint density at radius 3 is 2.08 bits per heavy atom. The van der Waals surface area contributed by atoms with E-state index in [1.165, 1.54) is 0 Å². The number of hydrogen-bond donors (Lipinski definition) is 2. The highest BCUT2D eigenvalue weighted by Gasteiger charge is 2.16. The minimum absolute atomic E-state index is 0.0681. The van der Waals surface area contributed by atoms with E-state index in [1.54, 1.807) is 12.1 Å². The standard InChI is InChI=1S/C17H15I4NO3/c1-2-15(23)14(22)5-8-3-12(20)17(13(21)4-8)25-9-6-10(18)16(24)11(19)7-9/h3-4,6-7,14,24H,2,5,22H2,1H3. The molecule has 0 saturated carbocycles. The molecular formula is C17H15I4NO3. The second kappa shape index (κ2) is 9.68. The van der Waals surface area contributed by atoms with Gasteiger partial charge in [0.05, 0.1) is 20.3 Å². The van der Waals surface area contributed by atoms with Crippen LogP contribution in [0.15, 0.2) is 24.3 Å². The van der Waals surface area contributed by atoms with E-state index in [4.69, 9.17) is 10.5 Å². The van der Waals surface area contributed by atoms with Crippen LogP contribution in [0.3, 0.4) is 0 Å². The minimum atomic E-state index is -0.469. The van der Waals surface area contributed by atoms with E-state index >= 15 is 0 Å². The van der Waals surface area contributed by atoms with E-state index < -0.39 is 6.04 Å². The summed E-state index contributed by atoms with van der Waals surface area (Å²) in [5, 5.41) is 9.88. The molecule has 0 aliphatic rings. The molecule has 0 spiro atoms. The summed E-state index contributed by atoms with van der Waals surface area (Å²) in [7, 11) is 0. The van der Waals surface area contributed by atoms with Crippen LogP contribution in [0.4, 0.5) is 0 Å². The monoisotopic (exact) mass is 789 g/mol. The maximum absolute atomic E-state index is 11.7. The normalized spacial score (nSPS) is 12.1. The zero-order valence-corrected chi connectivity index (χ0v) is 21.8. The topological polar surface area (TPSA) is 72.6 Å². The van der Waals surface area contributed by atoms with Crippen LogP contribution in [-0.2, 0) is 11.2 Å². The first-order chi connectivity index (χ1) is 11.7. The van der Waals surface area contributed by atoms with Crippen molar-refractivity contribution in [2.45, 2.75) is 25.8 Å². The molecule has 1 atom stereocenters. The van der Waals surface area contributed by atoms with Crippen molar-refractivity contribution in [3.63, 3.8) is 0 Å². The van der Waals surface area contributed by atoms with Gasteiger partial charge in [0.25, 0.3) is 0 Å². The molecule has 0 fully saturated rings. The van der Waals surface area contributed by atoms with Crippen molar-refractivity contribution in [2.75, 3.05) is 0 Å². The quantitative estimate of drug-likeness (QED) is 0.383. The van der Waals surface area contributed by atoms with Gasteiger partial charge in [0.15, 0.2) is 5.75 Å². The van der Waals surface area contributed by atoms with Crippen molar-refractivity contribution in [3.05, 3.63) is 44.1 Å². The molecule has 0 amide bonds. The Labute approximate surface area is 201 Å². The molecule has 0 heterocycles. The van der Waals surface area contributed by atoms with Gasteiger partial charge >= 0.3 is 0 Å². The summed E-state index contributed by atoms with van der Waals surface area (Å²) in [5.41, 5.74) is 6.98. The Morgan fingerprint density at radius 2 is 1.60 bits per heavy atom. The Bertz CT molecular complexity index is 764. The predicted octanol–water partition coefficient (Wildman–Crippen LogP) is 5.45. The lowest BCUT2D eigenvalue weighted by Crippen LogP contribution is -2.32. The van der Waals surface area contributed by atoms with Crippen LogP contribution >= 0.6 is 90.4 Å². The maximum atomic E-state index is 11.7. The number of carbonyl (C=O) groups is 1. The molecule has 0 bridgehead atoms. The second-order valence-electron chi connectivity index (χ2n) is 5.36. The van der Waals surface area contributed by atoms with Crippen molar-refractivity contribution in [1.82, 2.24) is 0 Å². The van der Waals surface area contributed by atoms with Crippen molar-refractivity contribution >= 4 is 96.1 Å². The van der Waals surface area contributed by atoms with Crippen LogP contribution < -0.4 is 10.5 Å². The van der Waals surface area contributed by atoms with Gasteiger partial charge in [0.2, 0.25) is 0 Å². The summed E-state index contributed by atoms with van der Waals surface area (Å²) >= 11 is 8.61. The van der Waals surface area contributed by atoms with Crippen molar-refractivity contribution in [2.24, 2.45) is 5.73 Å². The van der Waals surface area contributed by atoms with Gasteiger partial charge in [-0.15, -0.1) is 0 Å². The highest BCUT2D eigenvalue weighted by Crippen LogP contribution is 2.36. The molecular weight excluding hydrogens is 774 g/mol. The average molecular weight is 789 g/mol. The number of Topliss-reactive ketones (excluding diaryl/α,β-unsaturated/α-hetero) is 1. The number of halogens is 4. The molecule has 0 aromatic heterocycles. The number of carbonyl (C=O) groups excluding carboxylic acids is 1. The van der Waals surface area contributed by atoms with Crippen LogP contribution in [-0.4, -0.2) is 16.9 Å². The molecule has 2 aromatic carbocycles. The summed E-state index contributed by atoms with van der Waals surface area (Å²) in [5.74, 6) is 1.77. The molecule has 1 unspecified atom stereocenters. The first-order valence-corrected chi connectivity index (χ1v) is 11.7. The number of ether oxygens (including phenoxy) is 1. The molecule has 2 rings (SSSR count). The molecule has 0 aliphatic heterocycles. The molecule has 0 aliphatic carbocycles. The molecule has 8 heteroatoms. The number of nitrogens with two attached hydrogens (primary N) is 1. The zero-order valence-electron chi connectivity index (χ0n) is 13.2. The fraction of sp³-hybridized carbons (Fsp3) is 0.235. The first-order valence-electron chi connectivity index (χ1n) is 7.35. The summed E-state index contributed by atoms with van der Waals surface area (Å²) in [4.78, 5) is 11.7. The molecule has 134 valence electrons. The Kier molecular flexibility index (Phi) is 8.48. The lowest BCUT2D eigenvalue weighted by atomic mass is 10.0. The van der Waals surface area contributed by atoms with Gasteiger partial charge in [-0.05, 0) is 127 Å². The lowest BCUT2D eigenvalue weighted by molar-refractivity contribution is -0.119. The highest BCUT2D eigenvalue weighted by atomic mass is 127. The van der Waals surface area contributed by atoms with Gasteiger partial charge < -0.3 is 15.6 Å². The summed E-state index contributed by atoms with van der Waals surface area (Å²) in [6.45, 7) is 1.83. The Morgan fingerprint density at radius 1 is 1.08 bits per heavy atom. The van der Waals surface area contributed by atoms with Gasteiger partial charge in [-0.1, -0.05) is 6.92 Å². The zero-order chi connectivity index (χ0) is 18.7. The second-order valence-corrected chi connectivity index (χ2v) is 10.0. The first kappa shape index (κ1) is 21.9. The van der Waals surface area contributed by atoms with Crippen molar-refractivity contribution in [1.29, 1.82) is 0 Å². The van der Waals surface area contributed by atoms with E-state index in [9.17, 15) is 9.90 Å². The molecule has 0 saturated heterocycles. The maximum Gasteiger partial charge on any atom is 0.154 e. The van der Waals surface area contributed by atoms with E-state index in [-0.39, 0.29) is 11.5 Å². The third kappa shape index (κ3) is 5.78. The smallest absolute Gasteiger partial charge is 0.154 e. The van der Waals surface area contributed by atoms with E-state index in [1.807, 2.05) is 19.1 Å². The van der Waals surface area contributed by atoms with Gasteiger partial charge in [-0.25, -0.2) is 0 Å². The fourth-order valence-electron chi connectivity index (χ4n) is 2.18. The minimum Gasteiger partial charge on any atom is -0.506 e. The van der Waals surface area contributed by atoms with E-state index in [0.29, 0.717) is 18.6 Å². The molecule has 2 aromatic rings. The number of ketones is 1. The number of phenols is 1. The van der Waals surface area contributed by atoms with Gasteiger partial charge in [-0.3, -0.25) is 4.79 Å². The third-order valence-electron chi connectivity index (χ3n) is 3.49. The van der Waals surface area contributed by atoms with Gasteiger partial charge in [0, 0.05) is 6.42 Å². The predicted molar refractivity (Wildman–Crippen MR) is 132 cm³/mol. The van der Waals surface area contributed by atoms with Crippen molar-refractivity contribution < 1.29 is 14.6 Å². The largest absolute Gasteiger partial charge is 0.506 e. The Hall–Kier alpha value is 0.590. The molecule has 3 N–H and O–H groups in total. The summed E-state index contributed by atoms with van der Waals surface area (Å²) < 4.78 is 9.44. The Balaban J connectivity index is 2.27. The number of rotatable bonds is 6. The molecule has 0 radical (unpaired) electrons. The van der Waals surface area contributed by atoms with Gasteiger partial charge in [-0.2, -0.15) is 0 Å². The lowest BCUT2D eigenvalue weighted by Gasteiger charge is -2.15. The van der Waals surface area contributed by atoms with Crippen LogP contribution in [0.2, 0.25) is 0 Å². The average Bonchev–Trinajstić information content (AvgIpc) is 2.55. The number of aromatic hydroxyl groups is 1. The molecule has 25 heavy (non-hydrogen) atoms. The van der Waals surface area contributed by atoms with E-state index in [2.05, 4.69) is 90.4 Å². The van der Waals surface area contributed by atoms with Crippen molar-refractivity contribution in [3.8, 4) is 17.2 Å². The third-order valence-corrected chi connectivity index (χ3v) is 6.73. The number of hydrogen-bond acceptors (Lipinski definition) is 4. The SMILES string of the molecule is CCC(=O)C(N)Cc1cc(I)c(Oc2cc(I)c(O)c(I)c2)c(I)c1. The van der Waals surface area contributed by atoms with Crippen LogP contribution in [0.1, 0.15) is 18.9 Å². The highest BCUT2D eigenvalue weighted by molar-refractivity contribution is 14.1. The van der Waals surface area contributed by atoms with Crippen LogP contribution in [0.5, 0.6) is 17.2 Å². The van der Waals surface area contributed by atoms with Crippen LogP contribution in [0, 0.1) is 14.3 Å². The molecule has 4 nitrogen and oxygen atoms in total. The summed E-state index contributed by atoms with van der Waals surface area (Å²) in [6, 6.07) is 7.12. The fourth-order valence-corrected chi connectivity index (χ4v) is 6.00.